The molecule has 0 N–H and O–H groups in total. The normalized spacial score (nSPS) is 10.4. The molecule has 15 heavy (non-hydrogen) atoms. The molecular weight excluding hydrogens is 202 g/mol. The summed E-state index contributed by atoms with van der Waals surface area (Å²) in [5.74, 6) is -0.208. The van der Waals surface area contributed by atoms with Gasteiger partial charge in [0.05, 0.1) is 0 Å². The molecule has 0 aliphatic heterocycles. The third-order valence-corrected chi connectivity index (χ3v) is 1.98. The molecular formula is C11H10F2O2. The van der Waals surface area contributed by atoms with Crippen molar-refractivity contribution in [3.05, 3.63) is 34.9 Å². The summed E-state index contributed by atoms with van der Waals surface area (Å²) >= 11 is 0. The first kappa shape index (κ1) is 11.5. The molecule has 4 heteroatoms. The predicted octanol–water partition coefficient (Wildman–Crippen LogP) is 2.57. The smallest absolute Gasteiger partial charge is 0.264 e. The maximum atomic E-state index is 12.5. The third kappa shape index (κ3) is 2.94. The van der Waals surface area contributed by atoms with Gasteiger partial charge in [0.1, 0.15) is 12.1 Å². The summed E-state index contributed by atoms with van der Waals surface area (Å²) in [5, 5.41) is 0. The zero-order chi connectivity index (χ0) is 11.4. The van der Waals surface area contributed by atoms with Crippen molar-refractivity contribution in [3.8, 4) is 0 Å². The van der Waals surface area contributed by atoms with Gasteiger partial charge < -0.3 is 0 Å². The summed E-state index contributed by atoms with van der Waals surface area (Å²) < 4.78 is 25.0. The molecule has 0 heterocycles. The van der Waals surface area contributed by atoms with Crippen molar-refractivity contribution in [1.82, 2.24) is 0 Å². The molecule has 0 fully saturated rings. The lowest BCUT2D eigenvalue weighted by molar-refractivity contribution is -0.116. The van der Waals surface area contributed by atoms with Crippen LogP contribution < -0.4 is 0 Å². The number of hydrogen-bond donors (Lipinski definition) is 0. The number of rotatable bonds is 4. The highest BCUT2D eigenvalue weighted by molar-refractivity contribution is 5.80. The number of halogens is 2. The van der Waals surface area contributed by atoms with E-state index in [2.05, 4.69) is 0 Å². The molecule has 0 saturated heterocycles. The molecule has 0 aromatic heterocycles. The van der Waals surface area contributed by atoms with E-state index in [9.17, 15) is 18.4 Å². The average Bonchev–Trinajstić information content (AvgIpc) is 2.16. The molecule has 80 valence electrons. The molecule has 0 bridgehead atoms. The molecule has 0 spiro atoms. The van der Waals surface area contributed by atoms with E-state index in [4.69, 9.17) is 0 Å². The maximum absolute atomic E-state index is 12.5. The fourth-order valence-corrected chi connectivity index (χ4v) is 1.33. The fourth-order valence-electron chi connectivity index (χ4n) is 1.33. The Labute approximate surface area is 85.9 Å². The van der Waals surface area contributed by atoms with Crippen molar-refractivity contribution in [2.24, 2.45) is 0 Å². The van der Waals surface area contributed by atoms with Crippen LogP contribution in [0.1, 0.15) is 34.8 Å². The first-order chi connectivity index (χ1) is 7.04. The van der Waals surface area contributed by atoms with Gasteiger partial charge >= 0.3 is 0 Å². The minimum Gasteiger partial charge on any atom is -0.300 e. The van der Waals surface area contributed by atoms with E-state index in [1.165, 1.54) is 25.1 Å². The maximum Gasteiger partial charge on any atom is 0.264 e. The number of Topliss-reactive ketones (excluding diaryl/α,β-unsaturated/α-hetero) is 1. The zero-order valence-corrected chi connectivity index (χ0v) is 8.17. The monoisotopic (exact) mass is 212 g/mol. The minimum atomic E-state index is -2.62. The topological polar surface area (TPSA) is 34.1 Å². The Hall–Kier alpha value is -1.58. The van der Waals surface area contributed by atoms with Gasteiger partial charge in [-0.1, -0.05) is 12.1 Å². The van der Waals surface area contributed by atoms with Crippen LogP contribution in [0.5, 0.6) is 0 Å². The second-order valence-electron chi connectivity index (χ2n) is 3.26. The van der Waals surface area contributed by atoms with Crippen molar-refractivity contribution >= 4 is 12.1 Å². The number of ketones is 1. The summed E-state index contributed by atoms with van der Waals surface area (Å²) in [5.41, 5.74) is 0.341. The van der Waals surface area contributed by atoms with Crippen molar-refractivity contribution in [2.45, 2.75) is 19.8 Å². The first-order valence-electron chi connectivity index (χ1n) is 4.40. The van der Waals surface area contributed by atoms with E-state index in [1.54, 1.807) is 0 Å². The van der Waals surface area contributed by atoms with Crippen molar-refractivity contribution in [1.29, 1.82) is 0 Å². The Balaban J connectivity index is 3.15. The number of carbonyl (C=O) groups is 2. The van der Waals surface area contributed by atoms with Crippen LogP contribution in [-0.4, -0.2) is 12.1 Å². The lowest BCUT2D eigenvalue weighted by atomic mass is 10.0. The van der Waals surface area contributed by atoms with Crippen LogP contribution in [0.3, 0.4) is 0 Å². The summed E-state index contributed by atoms with van der Waals surface area (Å²) in [6, 6.07) is 3.83. The van der Waals surface area contributed by atoms with E-state index in [0.717, 1.165) is 0 Å². The van der Waals surface area contributed by atoms with Gasteiger partial charge in [-0.2, -0.15) is 0 Å². The van der Waals surface area contributed by atoms with Crippen LogP contribution in [0.4, 0.5) is 8.78 Å². The van der Waals surface area contributed by atoms with Crippen LogP contribution in [0.2, 0.25) is 0 Å². The van der Waals surface area contributed by atoms with Gasteiger partial charge in [0.25, 0.3) is 6.43 Å². The van der Waals surface area contributed by atoms with Crippen molar-refractivity contribution in [2.75, 3.05) is 0 Å². The van der Waals surface area contributed by atoms with Gasteiger partial charge in [-0.15, -0.1) is 0 Å². The average molecular weight is 212 g/mol. The molecule has 0 atom stereocenters. The van der Waals surface area contributed by atoms with Crippen LogP contribution in [0.25, 0.3) is 0 Å². The first-order valence-corrected chi connectivity index (χ1v) is 4.40. The highest BCUT2D eigenvalue weighted by Crippen LogP contribution is 2.24. The van der Waals surface area contributed by atoms with Crippen LogP contribution >= 0.6 is 0 Å². The Morgan fingerprint density at radius 1 is 1.47 bits per heavy atom. The highest BCUT2D eigenvalue weighted by atomic mass is 19.3. The molecule has 1 aromatic carbocycles. The Bertz CT molecular complexity index is 386. The van der Waals surface area contributed by atoms with E-state index in [-0.39, 0.29) is 23.3 Å². The predicted molar refractivity (Wildman–Crippen MR) is 51.2 cm³/mol. The quantitative estimate of drug-likeness (QED) is 0.719. The molecule has 1 rings (SSSR count). The molecule has 0 unspecified atom stereocenters. The Kier molecular flexibility index (Phi) is 3.66. The second-order valence-corrected chi connectivity index (χ2v) is 3.26. The molecule has 0 aliphatic rings. The number of aldehydes is 1. The molecule has 2 nitrogen and oxygen atoms in total. The molecule has 0 radical (unpaired) electrons. The van der Waals surface area contributed by atoms with Crippen molar-refractivity contribution in [3.63, 3.8) is 0 Å². The lowest BCUT2D eigenvalue weighted by Crippen LogP contribution is -2.02. The molecule has 1 aromatic rings. The van der Waals surface area contributed by atoms with Gasteiger partial charge in [0.15, 0.2) is 0 Å². The summed E-state index contributed by atoms with van der Waals surface area (Å²) in [6.45, 7) is 1.32. The lowest BCUT2D eigenvalue weighted by Gasteiger charge is -2.07. The molecule has 0 saturated carbocycles. The van der Waals surface area contributed by atoms with Crippen molar-refractivity contribution < 1.29 is 18.4 Å². The van der Waals surface area contributed by atoms with E-state index in [1.807, 2.05) is 0 Å². The standard InChI is InChI=1S/C11H10F2O2/c1-7(15)4-9-5-8(6-14)2-3-10(9)11(12)13/h2-3,5-6,11H,4H2,1H3. The number of alkyl halides is 2. The van der Waals surface area contributed by atoms with Gasteiger partial charge in [0, 0.05) is 17.5 Å². The Morgan fingerprint density at radius 3 is 2.60 bits per heavy atom. The number of hydrogen-bond acceptors (Lipinski definition) is 2. The summed E-state index contributed by atoms with van der Waals surface area (Å²) in [6.07, 6.45) is -2.12. The minimum absolute atomic E-state index is 0.0681. The summed E-state index contributed by atoms with van der Waals surface area (Å²) in [7, 11) is 0. The van der Waals surface area contributed by atoms with Crippen LogP contribution in [-0.2, 0) is 11.2 Å². The third-order valence-electron chi connectivity index (χ3n) is 1.98. The number of benzene rings is 1. The number of carbonyl (C=O) groups excluding carboxylic acids is 2. The SMILES string of the molecule is CC(=O)Cc1cc(C=O)ccc1C(F)F. The van der Waals surface area contributed by atoms with Gasteiger partial charge in [-0.25, -0.2) is 8.78 Å². The molecule has 0 amide bonds. The van der Waals surface area contributed by atoms with Gasteiger partial charge in [0.2, 0.25) is 0 Å². The van der Waals surface area contributed by atoms with Crippen LogP contribution in [0.15, 0.2) is 18.2 Å². The second kappa shape index (κ2) is 4.77. The Morgan fingerprint density at radius 2 is 2.13 bits per heavy atom. The van der Waals surface area contributed by atoms with Gasteiger partial charge in [-0.05, 0) is 18.6 Å². The van der Waals surface area contributed by atoms with Crippen LogP contribution in [0, 0.1) is 0 Å². The van der Waals surface area contributed by atoms with E-state index >= 15 is 0 Å². The van der Waals surface area contributed by atoms with E-state index < -0.39 is 6.43 Å². The molecule has 0 aliphatic carbocycles. The van der Waals surface area contributed by atoms with Gasteiger partial charge in [-0.3, -0.25) is 9.59 Å². The zero-order valence-electron chi connectivity index (χ0n) is 8.17. The fraction of sp³-hybridized carbons (Fsp3) is 0.273. The highest BCUT2D eigenvalue weighted by Gasteiger charge is 2.14. The summed E-state index contributed by atoms with van der Waals surface area (Å²) in [4.78, 5) is 21.3. The van der Waals surface area contributed by atoms with E-state index in [0.29, 0.717) is 11.8 Å². The largest absolute Gasteiger partial charge is 0.300 e.